The molecular weight excluding hydrogens is 1260 g/mol. The molecule has 2 aliphatic rings. The van der Waals surface area contributed by atoms with E-state index in [0.29, 0.717) is 44.5 Å². The Hall–Kier alpha value is -10.7. The Balaban J connectivity index is 0.000000152. The van der Waals surface area contributed by atoms with Crippen LogP contribution in [0.3, 0.4) is 0 Å². The van der Waals surface area contributed by atoms with Crippen molar-refractivity contribution in [2.75, 3.05) is 0 Å². The molecule has 16 aromatic carbocycles. The van der Waals surface area contributed by atoms with Crippen molar-refractivity contribution in [3.05, 3.63) is 384 Å². The lowest BCUT2D eigenvalue weighted by molar-refractivity contribution is -0.172. The fourth-order valence-electron chi connectivity index (χ4n) is 16.6. The average molecular weight is 1330 g/mol. The number of aliphatic hydroxyl groups is 4. The lowest BCUT2D eigenvalue weighted by atomic mass is 9.69. The quantitative estimate of drug-likeness (QED) is 0.0956. The summed E-state index contributed by atoms with van der Waals surface area (Å²) >= 11 is 0. The van der Waals surface area contributed by atoms with Gasteiger partial charge >= 0.3 is 0 Å². The topological polar surface area (TPSA) is 118 Å². The van der Waals surface area contributed by atoms with Crippen LogP contribution in [-0.2, 0) is 41.4 Å². The van der Waals surface area contributed by atoms with Gasteiger partial charge in [0.15, 0.2) is 11.6 Å². The normalized spacial score (nSPS) is 17.8. The van der Waals surface area contributed by atoms with Crippen LogP contribution in [0.15, 0.2) is 340 Å². The molecule has 8 nitrogen and oxygen atoms in total. The van der Waals surface area contributed by atoms with Gasteiger partial charge in [-0.3, -0.25) is 0 Å². The summed E-state index contributed by atoms with van der Waals surface area (Å²) in [5.41, 5.74) is -1.84. The van der Waals surface area contributed by atoms with Crippen molar-refractivity contribution in [2.24, 2.45) is 0 Å². The van der Waals surface area contributed by atoms with Crippen molar-refractivity contribution in [2.45, 2.75) is 86.1 Å². The Morgan fingerprint density at radius 3 is 0.627 bits per heavy atom. The van der Waals surface area contributed by atoms with Crippen LogP contribution in [0.2, 0.25) is 0 Å². The minimum atomic E-state index is -1.80. The first kappa shape index (κ1) is 64.6. The molecule has 2 aliphatic heterocycles. The highest BCUT2D eigenvalue weighted by atomic mass is 16.8. The van der Waals surface area contributed by atoms with Crippen molar-refractivity contribution < 1.29 is 39.4 Å². The second kappa shape index (κ2) is 25.1. The Kier molecular flexibility index (Phi) is 15.9. The lowest BCUT2D eigenvalue weighted by Crippen LogP contribution is -2.55. The number of rotatable bonds is 12. The van der Waals surface area contributed by atoms with Gasteiger partial charge in [0.1, 0.15) is 46.8 Å². The average Bonchev–Trinajstić information content (AvgIpc) is 1.39. The number of fused-ring (bicyclic) bond motifs is 8. The lowest BCUT2D eigenvalue weighted by Gasteiger charge is -2.43. The van der Waals surface area contributed by atoms with Crippen LogP contribution in [0.5, 0.6) is 0 Å². The molecule has 2 fully saturated rings. The summed E-state index contributed by atoms with van der Waals surface area (Å²) in [4.78, 5) is 0. The maximum absolute atomic E-state index is 14.0. The van der Waals surface area contributed by atoms with Crippen LogP contribution in [0.1, 0.15) is 72.2 Å². The van der Waals surface area contributed by atoms with E-state index in [2.05, 4.69) is 72.8 Å². The fourth-order valence-corrected chi connectivity index (χ4v) is 16.6. The molecule has 0 bridgehead atoms. The molecule has 0 aromatic heterocycles. The van der Waals surface area contributed by atoms with Crippen LogP contribution in [0.4, 0.5) is 0 Å². The summed E-state index contributed by atoms with van der Waals surface area (Å²) in [5, 5.41) is 71.1. The van der Waals surface area contributed by atoms with E-state index in [-0.39, 0.29) is 0 Å². The van der Waals surface area contributed by atoms with Gasteiger partial charge in [-0.15, -0.1) is 0 Å². The highest BCUT2D eigenvalue weighted by molar-refractivity contribution is 5.94. The van der Waals surface area contributed by atoms with Crippen LogP contribution in [-0.4, -0.2) is 56.4 Å². The molecule has 4 N–H and O–H groups in total. The molecule has 16 aromatic rings. The molecule has 0 saturated carbocycles. The number of benzene rings is 16. The third-order valence-corrected chi connectivity index (χ3v) is 21.4. The van der Waals surface area contributed by atoms with E-state index in [1.165, 1.54) is 0 Å². The van der Waals surface area contributed by atoms with Gasteiger partial charge in [-0.25, -0.2) is 0 Å². The van der Waals surface area contributed by atoms with Crippen molar-refractivity contribution in [1.29, 1.82) is 0 Å². The summed E-state index contributed by atoms with van der Waals surface area (Å²) in [7, 11) is 0. The minimum Gasteiger partial charge on any atom is -0.378 e. The third kappa shape index (κ3) is 10.8. The molecule has 2 saturated heterocycles. The summed E-state index contributed by atoms with van der Waals surface area (Å²) in [5.74, 6) is -2.33. The van der Waals surface area contributed by atoms with Crippen LogP contribution in [0.25, 0.3) is 86.2 Å². The zero-order valence-electron chi connectivity index (χ0n) is 57.1. The second-order valence-corrected chi connectivity index (χ2v) is 28.4. The summed E-state index contributed by atoms with van der Waals surface area (Å²) in [6.07, 6.45) is -4.30. The highest BCUT2D eigenvalue weighted by Gasteiger charge is 2.64. The first-order chi connectivity index (χ1) is 49.5. The molecule has 2 heterocycles. The predicted octanol–water partition coefficient (Wildman–Crippen LogP) is 20.0. The van der Waals surface area contributed by atoms with E-state index >= 15 is 0 Å². The molecule has 0 radical (unpaired) electrons. The maximum atomic E-state index is 14.0. The van der Waals surface area contributed by atoms with Crippen LogP contribution >= 0.6 is 0 Å². The Morgan fingerprint density at radius 1 is 0.206 bits per heavy atom. The number of hydrogen-bond donors (Lipinski definition) is 4. The van der Waals surface area contributed by atoms with Crippen LogP contribution < -0.4 is 0 Å². The Morgan fingerprint density at radius 2 is 0.392 bits per heavy atom. The molecule has 102 heavy (non-hydrogen) atoms. The van der Waals surface area contributed by atoms with Gasteiger partial charge < -0.3 is 39.4 Å². The first-order valence-electron chi connectivity index (χ1n) is 35.0. The molecular formula is C94H76O8. The summed E-state index contributed by atoms with van der Waals surface area (Å²) in [6, 6.07) is 113. The Labute approximate surface area is 592 Å². The molecule has 500 valence electrons. The molecule has 18 rings (SSSR count). The van der Waals surface area contributed by atoms with Crippen molar-refractivity contribution in [1.82, 2.24) is 0 Å². The van der Waals surface area contributed by atoms with E-state index in [1.807, 2.05) is 295 Å². The SMILES string of the molecule is CC1(C)OC(C(O)(c2ccc3ccccc3c2)c2ccc3ccccc3c2)[C@H](C(O)(c2ccc3ccccc3c2)c2ccc3ccccc3c2)O1.CC1(C)OC(C(O)(c2cccc3ccccc23)c2cccc3ccccc23)[C@H](C(O)(c2cccc3ccccc23)c2cccc3ccccc23)O1. The molecule has 8 heteroatoms. The van der Waals surface area contributed by atoms with Gasteiger partial charge in [0.25, 0.3) is 0 Å². The van der Waals surface area contributed by atoms with Gasteiger partial charge in [0.2, 0.25) is 0 Å². The van der Waals surface area contributed by atoms with E-state index < -0.39 is 58.4 Å². The molecule has 0 spiro atoms. The monoisotopic (exact) mass is 1330 g/mol. The maximum Gasteiger partial charge on any atom is 0.164 e. The number of hydrogen-bond acceptors (Lipinski definition) is 8. The van der Waals surface area contributed by atoms with Gasteiger partial charge in [0, 0.05) is 0 Å². The molecule has 4 atom stereocenters. The zero-order valence-corrected chi connectivity index (χ0v) is 57.1. The van der Waals surface area contributed by atoms with Crippen LogP contribution in [0, 0.1) is 0 Å². The smallest absolute Gasteiger partial charge is 0.164 e. The largest absolute Gasteiger partial charge is 0.378 e. The van der Waals surface area contributed by atoms with Gasteiger partial charge in [0.05, 0.1) is 0 Å². The molecule has 0 aliphatic carbocycles. The third-order valence-electron chi connectivity index (χ3n) is 21.4. The van der Waals surface area contributed by atoms with Gasteiger partial charge in [-0.05, 0) is 183 Å². The van der Waals surface area contributed by atoms with E-state index in [9.17, 15) is 20.4 Å². The fraction of sp³-hybridized carbons (Fsp3) is 0.149. The second-order valence-electron chi connectivity index (χ2n) is 28.4. The van der Waals surface area contributed by atoms with Gasteiger partial charge in [-0.2, -0.15) is 0 Å². The highest BCUT2D eigenvalue weighted by Crippen LogP contribution is 2.56. The number of ether oxygens (including phenoxy) is 4. The summed E-state index contributed by atoms with van der Waals surface area (Å²) < 4.78 is 27.8. The van der Waals surface area contributed by atoms with Crippen molar-refractivity contribution in [3.8, 4) is 0 Å². The van der Waals surface area contributed by atoms with Crippen molar-refractivity contribution in [3.63, 3.8) is 0 Å². The van der Waals surface area contributed by atoms with E-state index in [4.69, 9.17) is 18.9 Å². The van der Waals surface area contributed by atoms with E-state index in [0.717, 1.165) is 86.2 Å². The summed E-state index contributed by atoms with van der Waals surface area (Å²) in [6.45, 7) is 7.42. The predicted molar refractivity (Wildman–Crippen MR) is 411 cm³/mol. The van der Waals surface area contributed by atoms with E-state index in [1.54, 1.807) is 0 Å². The Bertz CT molecular complexity index is 5200. The first-order valence-corrected chi connectivity index (χ1v) is 35.0. The zero-order chi connectivity index (χ0) is 69.6. The van der Waals surface area contributed by atoms with Crippen molar-refractivity contribution >= 4 is 86.2 Å². The minimum absolute atomic E-state index is 0.646. The standard InChI is InChI=1S/2C47H38O4/c1-45(2)50-43(46(48,39-27-11-19-31-15-3-7-23-35(31)39)40-28-12-20-32-16-4-8-24-36(32)40)44(51-45)47(49,41-29-13-21-33-17-5-9-25-37(33)41)42-30-14-22-34-18-6-10-26-38(34)42;1-45(2)50-43(46(48,39-23-19-31-11-3-7-15-35(31)27-39)40-24-20-32-12-4-8-16-36(32)28-40)44(51-45)47(49,41-25-21-33-13-5-9-17-37(33)29-41)42-26-22-34-14-6-10-18-38(34)30-42/h2*3-30,43-44,48-49H,1-2H3/t2*43-,44?/m11/s1. The molecule has 0 amide bonds. The molecule has 2 unspecified atom stereocenters. The van der Waals surface area contributed by atoms with Gasteiger partial charge in [-0.1, -0.05) is 315 Å².